The molecule has 35 heavy (non-hydrogen) atoms. The van der Waals surface area contributed by atoms with Crippen LogP contribution in [-0.4, -0.2) is 18.7 Å². The zero-order valence-corrected chi connectivity index (χ0v) is 21.9. The van der Waals surface area contributed by atoms with E-state index in [9.17, 15) is 4.79 Å². The predicted octanol–water partition coefficient (Wildman–Crippen LogP) is 8.25. The predicted molar refractivity (Wildman–Crippen MR) is 142 cm³/mol. The molecule has 3 aromatic carbocycles. The Bertz CT molecular complexity index is 1110. The number of unbranched alkanes of at least 4 members (excludes halogenated alkanes) is 1. The number of benzene rings is 3. The Hall–Kier alpha value is -3.27. The van der Waals surface area contributed by atoms with Gasteiger partial charge in [-0.1, -0.05) is 82.1 Å². The van der Waals surface area contributed by atoms with Crippen LogP contribution in [0.25, 0.3) is 11.1 Å². The maximum atomic E-state index is 12.7. The average Bonchev–Trinajstić information content (AvgIpc) is 2.82. The molecule has 0 saturated heterocycles. The van der Waals surface area contributed by atoms with Crippen molar-refractivity contribution >= 4 is 5.97 Å². The Kier molecular flexibility index (Phi) is 8.97. The molecular weight excluding hydrogens is 436 g/mol. The molecule has 4 nitrogen and oxygen atoms in total. The third-order valence-electron chi connectivity index (χ3n) is 5.88. The molecule has 0 aliphatic heterocycles. The Morgan fingerprint density at radius 1 is 0.886 bits per heavy atom. The summed E-state index contributed by atoms with van der Waals surface area (Å²) in [6, 6.07) is 22.3. The Morgan fingerprint density at radius 2 is 1.60 bits per heavy atom. The van der Waals surface area contributed by atoms with Crippen molar-refractivity contribution in [2.75, 3.05) is 6.61 Å². The topological polar surface area (TPSA) is 44.8 Å². The minimum absolute atomic E-state index is 0.0639. The molecule has 0 heterocycles. The zero-order chi connectivity index (χ0) is 25.4. The van der Waals surface area contributed by atoms with Crippen molar-refractivity contribution in [2.45, 2.75) is 72.3 Å². The van der Waals surface area contributed by atoms with Gasteiger partial charge in [-0.2, -0.15) is 0 Å². The van der Waals surface area contributed by atoms with E-state index in [1.54, 1.807) is 0 Å². The second-order valence-corrected chi connectivity index (χ2v) is 9.91. The minimum atomic E-state index is -0.687. The van der Waals surface area contributed by atoms with E-state index in [1.807, 2.05) is 43.3 Å². The van der Waals surface area contributed by atoms with Gasteiger partial charge < -0.3 is 14.2 Å². The van der Waals surface area contributed by atoms with Crippen LogP contribution in [0, 0.1) is 6.92 Å². The number of aryl methyl sites for hydroxylation is 1. The highest BCUT2D eigenvalue weighted by Crippen LogP contribution is 2.37. The van der Waals surface area contributed by atoms with Gasteiger partial charge in [-0.05, 0) is 73.1 Å². The molecule has 1 atom stereocenters. The number of hydrogen-bond acceptors (Lipinski definition) is 4. The van der Waals surface area contributed by atoms with Crippen LogP contribution < -0.4 is 9.47 Å². The van der Waals surface area contributed by atoms with E-state index in [0.717, 1.165) is 24.0 Å². The smallest absolute Gasteiger partial charge is 0.347 e. The summed E-state index contributed by atoms with van der Waals surface area (Å²) < 4.78 is 17.9. The molecule has 0 saturated carbocycles. The van der Waals surface area contributed by atoms with Gasteiger partial charge in [0.2, 0.25) is 0 Å². The van der Waals surface area contributed by atoms with E-state index in [2.05, 4.69) is 65.0 Å². The number of rotatable bonds is 10. The number of esters is 1. The molecule has 0 radical (unpaired) electrons. The van der Waals surface area contributed by atoms with E-state index in [1.165, 1.54) is 11.1 Å². The fourth-order valence-corrected chi connectivity index (χ4v) is 3.84. The van der Waals surface area contributed by atoms with Gasteiger partial charge in [0.25, 0.3) is 0 Å². The highest BCUT2D eigenvalue weighted by atomic mass is 16.6. The molecule has 0 aromatic heterocycles. The maximum Gasteiger partial charge on any atom is 0.347 e. The van der Waals surface area contributed by atoms with Crippen molar-refractivity contribution in [3.8, 4) is 28.4 Å². The molecule has 0 N–H and O–H groups in total. The maximum absolute atomic E-state index is 12.7. The molecule has 1 unspecified atom stereocenters. The first kappa shape index (κ1) is 26.3. The second-order valence-electron chi connectivity index (χ2n) is 9.91. The number of carbonyl (C=O) groups excluding carboxylic acids is 1. The van der Waals surface area contributed by atoms with Crippen LogP contribution in [0.2, 0.25) is 0 Å². The summed E-state index contributed by atoms with van der Waals surface area (Å²) in [5.74, 6) is 1.46. The van der Waals surface area contributed by atoms with Crippen LogP contribution in [0.4, 0.5) is 0 Å². The van der Waals surface area contributed by atoms with Crippen molar-refractivity contribution in [2.24, 2.45) is 0 Å². The molecule has 3 aromatic rings. The second kappa shape index (κ2) is 11.9. The monoisotopic (exact) mass is 474 g/mol. The van der Waals surface area contributed by atoms with E-state index in [4.69, 9.17) is 14.2 Å². The van der Waals surface area contributed by atoms with Gasteiger partial charge in [-0.25, -0.2) is 4.79 Å². The van der Waals surface area contributed by atoms with Crippen LogP contribution in [-0.2, 0) is 14.9 Å². The van der Waals surface area contributed by atoms with Crippen molar-refractivity contribution in [1.82, 2.24) is 0 Å². The summed E-state index contributed by atoms with van der Waals surface area (Å²) in [4.78, 5) is 12.7. The largest absolute Gasteiger partial charge is 0.475 e. The highest BCUT2D eigenvalue weighted by Gasteiger charge is 2.24. The van der Waals surface area contributed by atoms with Crippen molar-refractivity contribution in [3.63, 3.8) is 0 Å². The standard InChI is InChI=1S/C31H38O4/c1-7-9-13-28(30(32)33-8-2)35-29-21-24(23-12-10-11-22(3)20-23)14-19-27(29)34-26-17-15-25(16-18-26)31(4,5)6/h10-12,14-21,28H,7-9,13H2,1-6H3. The molecule has 3 rings (SSSR count). The lowest BCUT2D eigenvalue weighted by molar-refractivity contribution is -0.151. The summed E-state index contributed by atoms with van der Waals surface area (Å²) in [5.41, 5.74) is 4.55. The van der Waals surface area contributed by atoms with E-state index in [0.29, 0.717) is 30.3 Å². The first-order valence-electron chi connectivity index (χ1n) is 12.5. The molecule has 0 amide bonds. The van der Waals surface area contributed by atoms with Gasteiger partial charge in [0, 0.05) is 0 Å². The summed E-state index contributed by atoms with van der Waals surface area (Å²) in [7, 11) is 0. The SMILES string of the molecule is CCCCC(Oc1cc(-c2cccc(C)c2)ccc1Oc1ccc(C(C)(C)C)cc1)C(=O)OCC. The van der Waals surface area contributed by atoms with Crippen LogP contribution >= 0.6 is 0 Å². The lowest BCUT2D eigenvalue weighted by atomic mass is 9.87. The summed E-state index contributed by atoms with van der Waals surface area (Å²) in [6.45, 7) is 12.8. The first-order chi connectivity index (χ1) is 16.7. The van der Waals surface area contributed by atoms with Crippen LogP contribution in [0.5, 0.6) is 17.2 Å². The quantitative estimate of drug-likeness (QED) is 0.277. The van der Waals surface area contributed by atoms with Gasteiger partial charge in [-0.15, -0.1) is 0 Å². The molecule has 186 valence electrons. The lowest BCUT2D eigenvalue weighted by Gasteiger charge is -2.21. The van der Waals surface area contributed by atoms with Gasteiger partial charge in [0.1, 0.15) is 5.75 Å². The summed E-state index contributed by atoms with van der Waals surface area (Å²) >= 11 is 0. The van der Waals surface area contributed by atoms with Gasteiger partial charge in [-0.3, -0.25) is 0 Å². The third kappa shape index (κ3) is 7.35. The molecular formula is C31H38O4. The number of hydrogen-bond donors (Lipinski definition) is 0. The third-order valence-corrected chi connectivity index (χ3v) is 5.88. The lowest BCUT2D eigenvalue weighted by Crippen LogP contribution is -2.29. The normalized spacial score (nSPS) is 12.2. The molecule has 0 aliphatic rings. The fourth-order valence-electron chi connectivity index (χ4n) is 3.84. The molecule has 0 bridgehead atoms. The minimum Gasteiger partial charge on any atom is -0.475 e. The fraction of sp³-hybridized carbons (Fsp3) is 0.387. The Labute approximate surface area is 210 Å². The van der Waals surface area contributed by atoms with Gasteiger partial charge in [0.05, 0.1) is 6.61 Å². The van der Waals surface area contributed by atoms with Crippen LogP contribution in [0.15, 0.2) is 66.7 Å². The van der Waals surface area contributed by atoms with E-state index >= 15 is 0 Å². The van der Waals surface area contributed by atoms with Crippen molar-refractivity contribution in [1.29, 1.82) is 0 Å². The Morgan fingerprint density at radius 3 is 2.23 bits per heavy atom. The van der Waals surface area contributed by atoms with Crippen molar-refractivity contribution < 1.29 is 19.0 Å². The van der Waals surface area contributed by atoms with Gasteiger partial charge >= 0.3 is 5.97 Å². The number of carbonyl (C=O) groups is 1. The number of ether oxygens (including phenoxy) is 3. The summed E-state index contributed by atoms with van der Waals surface area (Å²) in [6.07, 6.45) is 1.73. The molecule has 0 spiro atoms. The van der Waals surface area contributed by atoms with E-state index < -0.39 is 6.10 Å². The Balaban J connectivity index is 1.97. The van der Waals surface area contributed by atoms with Crippen LogP contribution in [0.3, 0.4) is 0 Å². The van der Waals surface area contributed by atoms with Crippen LogP contribution in [0.1, 0.15) is 65.0 Å². The molecule has 0 aliphatic carbocycles. The molecule has 0 fully saturated rings. The average molecular weight is 475 g/mol. The summed E-state index contributed by atoms with van der Waals surface area (Å²) in [5, 5.41) is 0. The highest BCUT2D eigenvalue weighted by molar-refractivity contribution is 5.75. The molecule has 4 heteroatoms. The van der Waals surface area contributed by atoms with Crippen molar-refractivity contribution in [3.05, 3.63) is 77.9 Å². The zero-order valence-electron chi connectivity index (χ0n) is 21.9. The van der Waals surface area contributed by atoms with Gasteiger partial charge in [0.15, 0.2) is 17.6 Å². The first-order valence-corrected chi connectivity index (χ1v) is 12.5. The van der Waals surface area contributed by atoms with E-state index in [-0.39, 0.29) is 11.4 Å².